The van der Waals surface area contributed by atoms with E-state index >= 15 is 0 Å². The molecule has 0 amide bonds. The Morgan fingerprint density at radius 2 is 2.09 bits per heavy atom. The number of rotatable bonds is 3. The van der Waals surface area contributed by atoms with Crippen LogP contribution in [0.4, 0.5) is 4.39 Å². The molecule has 0 aromatic rings. The zero-order chi connectivity index (χ0) is 9.02. The van der Waals surface area contributed by atoms with Gasteiger partial charge >= 0.3 is 5.97 Å². The number of nitrogens with two attached hydrogens (primary N) is 1. The molecule has 0 fully saturated rings. The molecule has 0 spiro atoms. The molecule has 0 heterocycles. The molecule has 60 valence electrons. The smallest absolute Gasteiger partial charge is 0.340 e. The Kier molecular flexibility index (Phi) is 3.04. The lowest BCUT2D eigenvalue weighted by atomic mass is 10.2. The monoisotopic (exact) mass is 157 g/mol. The molecular formula is C7H8FNO2. The summed E-state index contributed by atoms with van der Waals surface area (Å²) in [6.45, 7) is 6.00. The summed E-state index contributed by atoms with van der Waals surface area (Å²) >= 11 is 0. The van der Waals surface area contributed by atoms with E-state index in [2.05, 4.69) is 13.2 Å². The van der Waals surface area contributed by atoms with Gasteiger partial charge < -0.3 is 10.8 Å². The van der Waals surface area contributed by atoms with Crippen molar-refractivity contribution >= 4 is 5.97 Å². The summed E-state index contributed by atoms with van der Waals surface area (Å²) in [6, 6.07) is 0. The van der Waals surface area contributed by atoms with Gasteiger partial charge in [0.1, 0.15) is 11.4 Å². The third-order valence-corrected chi connectivity index (χ3v) is 0.994. The average molecular weight is 157 g/mol. The largest absolute Gasteiger partial charge is 0.478 e. The van der Waals surface area contributed by atoms with Crippen molar-refractivity contribution in [3.05, 3.63) is 36.3 Å². The molecule has 0 aromatic heterocycles. The quantitative estimate of drug-likeness (QED) is 0.473. The third-order valence-electron chi connectivity index (χ3n) is 0.994. The van der Waals surface area contributed by atoms with E-state index in [1.165, 1.54) is 0 Å². The van der Waals surface area contributed by atoms with Gasteiger partial charge in [-0.15, -0.1) is 0 Å². The van der Waals surface area contributed by atoms with Gasteiger partial charge in [0, 0.05) is 5.70 Å². The molecule has 4 heteroatoms. The van der Waals surface area contributed by atoms with Crippen LogP contribution >= 0.6 is 0 Å². The zero-order valence-electron chi connectivity index (χ0n) is 5.80. The first-order valence-corrected chi connectivity index (χ1v) is 2.71. The SMILES string of the molecule is C=C/C(N)=C(\C(=C)F)C(=O)O. The van der Waals surface area contributed by atoms with Crippen molar-refractivity contribution < 1.29 is 14.3 Å². The van der Waals surface area contributed by atoms with E-state index in [-0.39, 0.29) is 5.70 Å². The fourth-order valence-electron chi connectivity index (χ4n) is 0.498. The Morgan fingerprint density at radius 1 is 1.64 bits per heavy atom. The fourth-order valence-corrected chi connectivity index (χ4v) is 0.498. The lowest BCUT2D eigenvalue weighted by Crippen LogP contribution is -2.09. The Labute approximate surface area is 63.3 Å². The second-order valence-electron chi connectivity index (χ2n) is 1.74. The maximum absolute atomic E-state index is 12.3. The Hall–Kier alpha value is -1.58. The van der Waals surface area contributed by atoms with Crippen LogP contribution in [0.5, 0.6) is 0 Å². The molecule has 0 atom stereocenters. The predicted molar refractivity (Wildman–Crippen MR) is 39.3 cm³/mol. The van der Waals surface area contributed by atoms with Crippen molar-refractivity contribution in [2.75, 3.05) is 0 Å². The van der Waals surface area contributed by atoms with Crippen LogP contribution in [0, 0.1) is 0 Å². The molecule has 0 saturated heterocycles. The van der Waals surface area contributed by atoms with Crippen LogP contribution in [0.15, 0.2) is 36.3 Å². The minimum absolute atomic E-state index is 0.231. The van der Waals surface area contributed by atoms with Crippen LogP contribution in [0.3, 0.4) is 0 Å². The summed E-state index contributed by atoms with van der Waals surface area (Å²) in [5.41, 5.74) is 4.23. The second-order valence-corrected chi connectivity index (χ2v) is 1.74. The number of carboxylic acid groups (broad SMARTS) is 1. The number of hydrogen-bond acceptors (Lipinski definition) is 2. The highest BCUT2D eigenvalue weighted by Crippen LogP contribution is 2.11. The maximum Gasteiger partial charge on any atom is 0.340 e. The first-order valence-electron chi connectivity index (χ1n) is 2.71. The molecule has 0 aliphatic heterocycles. The number of halogens is 1. The predicted octanol–water partition coefficient (Wildman–Crippen LogP) is 0.953. The normalized spacial score (nSPS) is 11.7. The molecule has 0 rings (SSSR count). The van der Waals surface area contributed by atoms with E-state index in [9.17, 15) is 9.18 Å². The number of hydrogen-bond donors (Lipinski definition) is 2. The molecule has 0 aromatic carbocycles. The topological polar surface area (TPSA) is 63.3 Å². The standard InChI is InChI=1S/C7H8FNO2/c1-3-5(9)6(4(2)8)7(10)11/h3H,1-2,9H2,(H,10,11)/b6-5-. The lowest BCUT2D eigenvalue weighted by molar-refractivity contribution is -0.132. The maximum atomic E-state index is 12.3. The highest BCUT2D eigenvalue weighted by atomic mass is 19.1. The van der Waals surface area contributed by atoms with Gasteiger partial charge in [-0.05, 0) is 6.08 Å². The van der Waals surface area contributed by atoms with E-state index in [0.29, 0.717) is 0 Å². The van der Waals surface area contributed by atoms with E-state index in [1.54, 1.807) is 0 Å². The molecule has 0 bridgehead atoms. The van der Waals surface area contributed by atoms with Crippen LogP contribution in [0.2, 0.25) is 0 Å². The van der Waals surface area contributed by atoms with Crippen molar-refractivity contribution in [2.24, 2.45) is 5.73 Å². The van der Waals surface area contributed by atoms with Gasteiger partial charge in [0.15, 0.2) is 0 Å². The molecule has 0 aliphatic rings. The van der Waals surface area contributed by atoms with Crippen molar-refractivity contribution in [2.45, 2.75) is 0 Å². The number of allylic oxidation sites excluding steroid dienone is 1. The minimum Gasteiger partial charge on any atom is -0.478 e. The summed E-state index contributed by atoms with van der Waals surface area (Å²) in [7, 11) is 0. The molecule has 0 aliphatic carbocycles. The Balaban J connectivity index is 5.04. The van der Waals surface area contributed by atoms with Gasteiger partial charge in [-0.2, -0.15) is 0 Å². The average Bonchev–Trinajstić information content (AvgIpc) is 1.85. The van der Waals surface area contributed by atoms with Crippen molar-refractivity contribution in [1.29, 1.82) is 0 Å². The minimum atomic E-state index is -1.45. The molecule has 0 unspecified atom stereocenters. The number of aliphatic carboxylic acids is 1. The molecule has 3 N–H and O–H groups in total. The van der Waals surface area contributed by atoms with E-state index in [4.69, 9.17) is 10.8 Å². The third kappa shape index (κ3) is 2.25. The van der Waals surface area contributed by atoms with Crippen LogP contribution < -0.4 is 5.73 Å². The molecule has 11 heavy (non-hydrogen) atoms. The summed E-state index contributed by atoms with van der Waals surface area (Å²) < 4.78 is 12.3. The number of carbonyl (C=O) groups is 1. The summed E-state index contributed by atoms with van der Waals surface area (Å²) in [4.78, 5) is 10.3. The van der Waals surface area contributed by atoms with Crippen LogP contribution in [0.1, 0.15) is 0 Å². The molecular weight excluding hydrogens is 149 g/mol. The highest BCUT2D eigenvalue weighted by molar-refractivity contribution is 5.92. The van der Waals surface area contributed by atoms with Crippen LogP contribution in [-0.2, 0) is 4.79 Å². The highest BCUT2D eigenvalue weighted by Gasteiger charge is 2.13. The van der Waals surface area contributed by atoms with Crippen molar-refractivity contribution in [1.82, 2.24) is 0 Å². The second kappa shape index (κ2) is 3.55. The van der Waals surface area contributed by atoms with E-state index < -0.39 is 17.4 Å². The van der Waals surface area contributed by atoms with Crippen molar-refractivity contribution in [3.63, 3.8) is 0 Å². The van der Waals surface area contributed by atoms with E-state index in [0.717, 1.165) is 6.08 Å². The fraction of sp³-hybridized carbons (Fsp3) is 0. The summed E-state index contributed by atoms with van der Waals surface area (Å²) in [6.07, 6.45) is 1.05. The Bertz CT molecular complexity index is 227. The number of carboxylic acids is 1. The molecule has 3 nitrogen and oxygen atoms in total. The Morgan fingerprint density at radius 3 is 2.18 bits per heavy atom. The first kappa shape index (κ1) is 9.42. The van der Waals surface area contributed by atoms with Crippen LogP contribution in [-0.4, -0.2) is 11.1 Å². The van der Waals surface area contributed by atoms with Crippen molar-refractivity contribution in [3.8, 4) is 0 Å². The summed E-state index contributed by atoms with van der Waals surface area (Å²) in [5, 5.41) is 8.36. The van der Waals surface area contributed by atoms with Crippen LogP contribution in [0.25, 0.3) is 0 Å². The zero-order valence-corrected chi connectivity index (χ0v) is 5.80. The van der Waals surface area contributed by atoms with Gasteiger partial charge in [0.2, 0.25) is 0 Å². The molecule has 0 saturated carbocycles. The van der Waals surface area contributed by atoms with Gasteiger partial charge in [-0.3, -0.25) is 0 Å². The molecule has 0 radical (unpaired) electrons. The lowest BCUT2D eigenvalue weighted by Gasteiger charge is -1.99. The van der Waals surface area contributed by atoms with Gasteiger partial charge in [-0.1, -0.05) is 13.2 Å². The van der Waals surface area contributed by atoms with Gasteiger partial charge in [0.05, 0.1) is 0 Å². The first-order chi connectivity index (χ1) is 5.00. The van der Waals surface area contributed by atoms with E-state index in [1.807, 2.05) is 0 Å². The summed E-state index contributed by atoms with van der Waals surface area (Å²) in [5.74, 6) is -2.52. The van der Waals surface area contributed by atoms with Gasteiger partial charge in [0.25, 0.3) is 0 Å². The van der Waals surface area contributed by atoms with Gasteiger partial charge in [-0.25, -0.2) is 9.18 Å².